The van der Waals surface area contributed by atoms with Crippen molar-refractivity contribution in [1.29, 1.82) is 0 Å². The summed E-state index contributed by atoms with van der Waals surface area (Å²) in [7, 11) is -2.85. The maximum absolute atomic E-state index is 13.2. The summed E-state index contributed by atoms with van der Waals surface area (Å²) in [6, 6.07) is 8.35. The van der Waals surface area contributed by atoms with E-state index in [1.807, 2.05) is 0 Å². The first-order chi connectivity index (χ1) is 17.7. The second-order valence-electron chi connectivity index (χ2n) is 9.20. The lowest BCUT2D eigenvalue weighted by Crippen LogP contribution is -2.28. The summed E-state index contributed by atoms with van der Waals surface area (Å²) in [5.74, 6) is -1.21. The van der Waals surface area contributed by atoms with Crippen LogP contribution in [-0.2, 0) is 20.3 Å². The minimum atomic E-state index is -4.25. The van der Waals surface area contributed by atoms with Crippen molar-refractivity contribution in [3.05, 3.63) is 69.7 Å². The van der Waals surface area contributed by atoms with Crippen molar-refractivity contribution in [3.8, 4) is 11.6 Å². The quantitative estimate of drug-likeness (QED) is 0.219. The Labute approximate surface area is 219 Å². The minimum absolute atomic E-state index is 0.0104. The number of nitrogens with zero attached hydrogens (tertiary/aromatic N) is 3. The van der Waals surface area contributed by atoms with Gasteiger partial charge in [0.15, 0.2) is 5.69 Å². The van der Waals surface area contributed by atoms with Gasteiger partial charge in [-0.2, -0.15) is 5.10 Å². The van der Waals surface area contributed by atoms with Gasteiger partial charge in [0, 0.05) is 37.0 Å². The van der Waals surface area contributed by atoms with Gasteiger partial charge >= 0.3 is 0 Å². The fourth-order valence-electron chi connectivity index (χ4n) is 3.36. The van der Waals surface area contributed by atoms with E-state index in [-0.39, 0.29) is 36.0 Å². The maximum atomic E-state index is 13.2. The highest BCUT2D eigenvalue weighted by molar-refractivity contribution is 7.89. The average molecular weight is 550 g/mol. The zero-order valence-corrected chi connectivity index (χ0v) is 22.3. The van der Waals surface area contributed by atoms with Gasteiger partial charge in [-0.25, -0.2) is 22.2 Å². The number of methoxy groups -OCH3 is 1. The first-order valence-electron chi connectivity index (χ1n) is 11.4. The number of amides is 1. The van der Waals surface area contributed by atoms with E-state index in [0.717, 1.165) is 12.1 Å². The molecule has 1 heterocycles. The Kier molecular flexibility index (Phi) is 8.49. The topological polar surface area (TPSA) is 155 Å². The molecule has 38 heavy (non-hydrogen) atoms. The van der Waals surface area contributed by atoms with Crippen molar-refractivity contribution in [1.82, 2.24) is 14.5 Å². The number of nitro groups is 1. The monoisotopic (exact) mass is 549 g/mol. The molecule has 1 amide bonds. The molecule has 0 fully saturated rings. The number of ether oxygens (including phenoxy) is 2. The van der Waals surface area contributed by atoms with Gasteiger partial charge in [0.25, 0.3) is 11.6 Å². The lowest BCUT2D eigenvalue weighted by molar-refractivity contribution is -0.385. The molecular formula is C24H28FN5O7S. The largest absolute Gasteiger partial charge is 0.438 e. The number of hydrogen-bond acceptors (Lipinski definition) is 8. The molecule has 0 saturated heterocycles. The third kappa shape index (κ3) is 6.51. The first kappa shape index (κ1) is 28.7. The molecule has 2 aromatic carbocycles. The van der Waals surface area contributed by atoms with E-state index in [0.29, 0.717) is 5.69 Å². The van der Waals surface area contributed by atoms with E-state index in [9.17, 15) is 27.7 Å². The number of carbonyl (C=O) groups is 1. The minimum Gasteiger partial charge on any atom is -0.438 e. The Balaban J connectivity index is 2.08. The second kappa shape index (κ2) is 11.2. The molecule has 14 heteroatoms. The Bertz CT molecular complexity index is 1450. The number of aromatic nitrogens is 2. The van der Waals surface area contributed by atoms with Crippen molar-refractivity contribution in [3.63, 3.8) is 0 Å². The molecule has 1 aromatic heterocycles. The fourth-order valence-corrected chi connectivity index (χ4v) is 4.52. The molecule has 12 nitrogen and oxygen atoms in total. The van der Waals surface area contributed by atoms with E-state index < -0.39 is 42.8 Å². The van der Waals surface area contributed by atoms with Crippen LogP contribution in [0.3, 0.4) is 0 Å². The van der Waals surface area contributed by atoms with Crippen LogP contribution in [-0.4, -0.2) is 49.3 Å². The van der Waals surface area contributed by atoms with Gasteiger partial charge < -0.3 is 14.8 Å². The lowest BCUT2D eigenvalue weighted by atomic mass is 10.1. The number of hydrogen-bond donors (Lipinski definition) is 2. The number of nitrogens with one attached hydrogen (secondary N) is 2. The Morgan fingerprint density at radius 3 is 2.42 bits per heavy atom. The SMILES string of the molecule is COCCNS(=O)(=O)c1cc([N+](=O)[O-])ccc1Oc1c(C)c(C(=O)Nc2ccc(F)cc2)nn1C(C)(C)C. The number of halogens is 1. The van der Waals surface area contributed by atoms with Gasteiger partial charge in [0.1, 0.15) is 16.5 Å². The number of carbonyl (C=O) groups excluding carboxylic acids is 1. The summed E-state index contributed by atoms with van der Waals surface area (Å²) in [6.45, 7) is 6.97. The molecular weight excluding hydrogens is 521 g/mol. The van der Waals surface area contributed by atoms with Gasteiger partial charge in [-0.1, -0.05) is 0 Å². The summed E-state index contributed by atoms with van der Waals surface area (Å²) >= 11 is 0. The predicted octanol–water partition coefficient (Wildman–Crippen LogP) is 3.96. The number of rotatable bonds is 10. The van der Waals surface area contributed by atoms with Crippen LogP contribution < -0.4 is 14.8 Å². The summed E-state index contributed by atoms with van der Waals surface area (Å²) < 4.78 is 53.9. The zero-order valence-electron chi connectivity index (χ0n) is 21.4. The number of non-ortho nitro benzene ring substituents is 1. The third-order valence-corrected chi connectivity index (χ3v) is 6.74. The molecule has 0 bridgehead atoms. The van der Waals surface area contributed by atoms with Gasteiger partial charge in [-0.15, -0.1) is 0 Å². The van der Waals surface area contributed by atoms with Crippen LogP contribution in [0.4, 0.5) is 15.8 Å². The van der Waals surface area contributed by atoms with Crippen LogP contribution >= 0.6 is 0 Å². The first-order valence-corrected chi connectivity index (χ1v) is 12.8. The van der Waals surface area contributed by atoms with Crippen LogP contribution in [0, 0.1) is 22.9 Å². The Morgan fingerprint density at radius 1 is 1.18 bits per heavy atom. The van der Waals surface area contributed by atoms with Crippen LogP contribution in [0.1, 0.15) is 36.8 Å². The number of nitro benzene ring substituents is 1. The molecule has 2 N–H and O–H groups in total. The summed E-state index contributed by atoms with van der Waals surface area (Å²) in [5.41, 5.74) is -0.554. The zero-order chi connectivity index (χ0) is 28.3. The summed E-state index contributed by atoms with van der Waals surface area (Å²) in [5, 5.41) is 18.4. The third-order valence-electron chi connectivity index (χ3n) is 5.25. The molecule has 0 unspecified atom stereocenters. The summed E-state index contributed by atoms with van der Waals surface area (Å²) in [6.07, 6.45) is 0. The van der Waals surface area contributed by atoms with Crippen molar-refractivity contribution in [2.45, 2.75) is 38.1 Å². The molecule has 204 valence electrons. The molecule has 0 radical (unpaired) electrons. The summed E-state index contributed by atoms with van der Waals surface area (Å²) in [4.78, 5) is 23.2. The number of anilines is 1. The molecule has 0 spiro atoms. The smallest absolute Gasteiger partial charge is 0.276 e. The standard InChI is InChI=1S/C24H28FN5O7S/c1-15-21(22(31)27-17-8-6-16(25)7-9-17)28-29(24(2,3)4)23(15)37-19-11-10-18(30(32)33)14-20(19)38(34,35)26-12-13-36-5/h6-11,14,26H,12-13H2,1-5H3,(H,27,31). The molecule has 0 saturated carbocycles. The van der Waals surface area contributed by atoms with E-state index in [1.165, 1.54) is 42.1 Å². The van der Waals surface area contributed by atoms with Gasteiger partial charge in [-0.05, 0) is 58.0 Å². The van der Waals surface area contributed by atoms with Crippen molar-refractivity contribution in [2.24, 2.45) is 0 Å². The van der Waals surface area contributed by atoms with Crippen LogP contribution in [0.15, 0.2) is 47.4 Å². The predicted molar refractivity (Wildman–Crippen MR) is 137 cm³/mol. The molecule has 0 aliphatic carbocycles. The Hall–Kier alpha value is -3.88. The number of sulfonamides is 1. The van der Waals surface area contributed by atoms with Crippen LogP contribution in [0.25, 0.3) is 0 Å². The number of benzene rings is 2. The Morgan fingerprint density at radius 2 is 1.84 bits per heavy atom. The van der Waals surface area contributed by atoms with Crippen molar-refractivity contribution < 1.29 is 32.0 Å². The second-order valence-corrected chi connectivity index (χ2v) is 10.9. The highest BCUT2D eigenvalue weighted by atomic mass is 32.2. The van der Waals surface area contributed by atoms with E-state index >= 15 is 0 Å². The fraction of sp³-hybridized carbons (Fsp3) is 0.333. The normalized spacial score (nSPS) is 11.8. The van der Waals surface area contributed by atoms with E-state index in [1.54, 1.807) is 27.7 Å². The van der Waals surface area contributed by atoms with Crippen LogP contribution in [0.2, 0.25) is 0 Å². The van der Waals surface area contributed by atoms with Gasteiger partial charge in [-0.3, -0.25) is 14.9 Å². The maximum Gasteiger partial charge on any atom is 0.276 e. The highest BCUT2D eigenvalue weighted by Crippen LogP contribution is 2.36. The van der Waals surface area contributed by atoms with Crippen molar-refractivity contribution >= 4 is 27.3 Å². The van der Waals surface area contributed by atoms with E-state index in [4.69, 9.17) is 9.47 Å². The molecule has 3 aromatic rings. The molecule has 3 rings (SSSR count). The van der Waals surface area contributed by atoms with Gasteiger partial charge in [0.05, 0.1) is 17.1 Å². The van der Waals surface area contributed by atoms with Crippen molar-refractivity contribution in [2.75, 3.05) is 25.6 Å². The average Bonchev–Trinajstić information content (AvgIpc) is 3.17. The highest BCUT2D eigenvalue weighted by Gasteiger charge is 2.30. The molecule has 0 atom stereocenters. The lowest BCUT2D eigenvalue weighted by Gasteiger charge is -2.22. The molecule has 0 aliphatic heterocycles. The molecule has 0 aliphatic rings. The van der Waals surface area contributed by atoms with E-state index in [2.05, 4.69) is 15.1 Å². The van der Waals surface area contributed by atoms with Crippen LogP contribution in [0.5, 0.6) is 11.6 Å². The van der Waals surface area contributed by atoms with Gasteiger partial charge in [0.2, 0.25) is 15.9 Å².